The SMILES string of the molecule is CCNC(=NCc1ccc(C)cc1OCCOC)NCCc1nnc2ccccn12.I. The normalized spacial score (nSPS) is 11.3. The molecule has 0 aliphatic carbocycles. The van der Waals surface area contributed by atoms with Crippen molar-refractivity contribution in [3.05, 3.63) is 59.5 Å². The maximum absolute atomic E-state index is 5.87. The van der Waals surface area contributed by atoms with Crippen molar-refractivity contribution in [3.63, 3.8) is 0 Å². The zero-order valence-corrected chi connectivity index (χ0v) is 20.6. The monoisotopic (exact) mass is 538 g/mol. The van der Waals surface area contributed by atoms with Crippen LogP contribution in [0.3, 0.4) is 0 Å². The molecule has 8 nitrogen and oxygen atoms in total. The largest absolute Gasteiger partial charge is 0.491 e. The number of halogens is 1. The summed E-state index contributed by atoms with van der Waals surface area (Å²) < 4.78 is 13.0. The van der Waals surface area contributed by atoms with Crippen LogP contribution >= 0.6 is 24.0 Å². The maximum Gasteiger partial charge on any atom is 0.191 e. The molecule has 9 heteroatoms. The Morgan fingerprint density at radius 2 is 2.00 bits per heavy atom. The molecule has 3 rings (SSSR count). The molecule has 0 fully saturated rings. The molecule has 0 radical (unpaired) electrons. The lowest BCUT2D eigenvalue weighted by molar-refractivity contribution is 0.145. The maximum atomic E-state index is 5.87. The highest BCUT2D eigenvalue weighted by Gasteiger charge is 2.07. The van der Waals surface area contributed by atoms with E-state index in [1.54, 1.807) is 7.11 Å². The molecule has 0 atom stereocenters. The standard InChI is InChI=1S/C22H30N6O2.HI/c1-4-23-22(24-11-10-21-27-26-20-7-5-6-12-28(20)21)25-16-18-9-8-17(2)15-19(18)30-14-13-29-3;/h5-9,12,15H,4,10-11,13-14,16H2,1-3H3,(H2,23,24,25);1H. The number of aromatic nitrogens is 3. The van der Waals surface area contributed by atoms with Crippen molar-refractivity contribution in [3.8, 4) is 5.75 Å². The lowest BCUT2D eigenvalue weighted by atomic mass is 10.1. The minimum absolute atomic E-state index is 0. The third-order valence-electron chi connectivity index (χ3n) is 4.54. The number of guanidine groups is 1. The van der Waals surface area contributed by atoms with Crippen LogP contribution < -0.4 is 15.4 Å². The predicted molar refractivity (Wildman–Crippen MR) is 133 cm³/mol. The lowest BCUT2D eigenvalue weighted by Crippen LogP contribution is -2.38. The number of nitrogens with one attached hydrogen (secondary N) is 2. The Morgan fingerprint density at radius 1 is 1.13 bits per heavy atom. The molecule has 168 valence electrons. The van der Waals surface area contributed by atoms with E-state index in [1.165, 1.54) is 0 Å². The van der Waals surface area contributed by atoms with Crippen LogP contribution in [-0.2, 0) is 17.7 Å². The van der Waals surface area contributed by atoms with E-state index >= 15 is 0 Å². The van der Waals surface area contributed by atoms with Gasteiger partial charge in [0.05, 0.1) is 13.2 Å². The molecular weight excluding hydrogens is 507 g/mol. The smallest absolute Gasteiger partial charge is 0.191 e. The van der Waals surface area contributed by atoms with Gasteiger partial charge in [-0.15, -0.1) is 34.2 Å². The Hall–Kier alpha value is -2.40. The second-order valence-corrected chi connectivity index (χ2v) is 6.87. The first kappa shape index (κ1) is 24.9. The third kappa shape index (κ3) is 7.35. The van der Waals surface area contributed by atoms with Crippen LogP contribution in [0.5, 0.6) is 5.75 Å². The number of pyridine rings is 1. The minimum Gasteiger partial charge on any atom is -0.491 e. The Bertz CT molecular complexity index is 976. The molecule has 2 heterocycles. The highest BCUT2D eigenvalue weighted by atomic mass is 127. The summed E-state index contributed by atoms with van der Waals surface area (Å²) in [5.74, 6) is 2.53. The van der Waals surface area contributed by atoms with Gasteiger partial charge in [-0.3, -0.25) is 4.40 Å². The number of rotatable bonds is 10. The molecule has 2 N–H and O–H groups in total. The summed E-state index contributed by atoms with van der Waals surface area (Å²) in [6.45, 7) is 7.17. The first-order chi connectivity index (χ1) is 14.7. The number of aliphatic imine (C=N–C) groups is 1. The number of hydrogen-bond donors (Lipinski definition) is 2. The Morgan fingerprint density at radius 3 is 2.81 bits per heavy atom. The van der Waals surface area contributed by atoms with E-state index in [1.807, 2.05) is 41.8 Å². The van der Waals surface area contributed by atoms with Crippen molar-refractivity contribution < 1.29 is 9.47 Å². The van der Waals surface area contributed by atoms with E-state index in [0.29, 0.717) is 26.3 Å². The molecule has 0 spiro atoms. The quantitative estimate of drug-likeness (QED) is 0.179. The van der Waals surface area contributed by atoms with Gasteiger partial charge in [-0.2, -0.15) is 0 Å². The molecule has 0 saturated carbocycles. The highest BCUT2D eigenvalue weighted by molar-refractivity contribution is 14.0. The van der Waals surface area contributed by atoms with Crippen LogP contribution in [0.4, 0.5) is 0 Å². The van der Waals surface area contributed by atoms with Gasteiger partial charge < -0.3 is 20.1 Å². The molecule has 0 aliphatic heterocycles. The summed E-state index contributed by atoms with van der Waals surface area (Å²) in [6.07, 6.45) is 2.72. The number of nitrogens with zero attached hydrogens (tertiary/aromatic N) is 4. The highest BCUT2D eigenvalue weighted by Crippen LogP contribution is 2.21. The summed E-state index contributed by atoms with van der Waals surface area (Å²) in [5, 5.41) is 15.1. The summed E-state index contributed by atoms with van der Waals surface area (Å²) in [6, 6.07) is 12.1. The molecule has 3 aromatic rings. The second kappa shape index (κ2) is 13.1. The average molecular weight is 538 g/mol. The van der Waals surface area contributed by atoms with Crippen molar-refractivity contribution in [2.24, 2.45) is 4.99 Å². The molecule has 0 saturated heterocycles. The summed E-state index contributed by atoms with van der Waals surface area (Å²) >= 11 is 0. The molecule has 0 aliphatic rings. The van der Waals surface area contributed by atoms with E-state index in [2.05, 4.69) is 39.9 Å². The summed E-state index contributed by atoms with van der Waals surface area (Å²) in [7, 11) is 1.67. The molecule has 0 amide bonds. The van der Waals surface area contributed by atoms with Crippen LogP contribution in [0.2, 0.25) is 0 Å². The van der Waals surface area contributed by atoms with Gasteiger partial charge in [-0.05, 0) is 37.6 Å². The fourth-order valence-electron chi connectivity index (χ4n) is 3.02. The third-order valence-corrected chi connectivity index (χ3v) is 4.54. The summed E-state index contributed by atoms with van der Waals surface area (Å²) in [5.41, 5.74) is 3.05. The van der Waals surface area contributed by atoms with Crippen molar-refractivity contribution in [2.45, 2.75) is 26.8 Å². The second-order valence-electron chi connectivity index (χ2n) is 6.87. The Labute approximate surface area is 200 Å². The zero-order valence-electron chi connectivity index (χ0n) is 18.3. The molecule has 2 aromatic heterocycles. The van der Waals surface area contributed by atoms with Gasteiger partial charge in [0.15, 0.2) is 11.6 Å². The van der Waals surface area contributed by atoms with Crippen molar-refractivity contribution >= 4 is 35.6 Å². The molecule has 0 unspecified atom stereocenters. The number of hydrogen-bond acceptors (Lipinski definition) is 5. The van der Waals surface area contributed by atoms with E-state index in [-0.39, 0.29) is 24.0 Å². The van der Waals surface area contributed by atoms with Crippen LogP contribution in [0.1, 0.15) is 23.9 Å². The van der Waals surface area contributed by atoms with Crippen molar-refractivity contribution in [1.29, 1.82) is 0 Å². The van der Waals surface area contributed by atoms with Crippen molar-refractivity contribution in [2.75, 3.05) is 33.4 Å². The molecular formula is C22H31IN6O2. The number of ether oxygens (including phenoxy) is 2. The number of benzene rings is 1. The minimum atomic E-state index is 0. The number of fused-ring (bicyclic) bond motifs is 1. The van der Waals surface area contributed by atoms with Gasteiger partial charge in [0.2, 0.25) is 0 Å². The van der Waals surface area contributed by atoms with E-state index in [9.17, 15) is 0 Å². The van der Waals surface area contributed by atoms with Crippen LogP contribution in [0.15, 0.2) is 47.6 Å². The first-order valence-corrected chi connectivity index (χ1v) is 10.2. The first-order valence-electron chi connectivity index (χ1n) is 10.2. The van der Waals surface area contributed by atoms with Crippen LogP contribution in [0, 0.1) is 6.92 Å². The zero-order chi connectivity index (χ0) is 21.2. The van der Waals surface area contributed by atoms with Gasteiger partial charge in [-0.25, -0.2) is 4.99 Å². The average Bonchev–Trinajstić information content (AvgIpc) is 3.16. The Balaban J connectivity index is 0.00000341. The lowest BCUT2D eigenvalue weighted by Gasteiger charge is -2.13. The molecule has 1 aromatic carbocycles. The molecule has 0 bridgehead atoms. The van der Waals surface area contributed by atoms with Crippen LogP contribution in [-0.4, -0.2) is 54.0 Å². The topological polar surface area (TPSA) is 85.1 Å². The predicted octanol–water partition coefficient (Wildman–Crippen LogP) is 2.98. The van der Waals surface area contributed by atoms with Gasteiger partial charge in [0, 0.05) is 38.4 Å². The molecule has 31 heavy (non-hydrogen) atoms. The fraction of sp³-hybridized carbons (Fsp3) is 0.409. The summed E-state index contributed by atoms with van der Waals surface area (Å²) in [4.78, 5) is 4.72. The van der Waals surface area contributed by atoms with E-state index in [0.717, 1.165) is 47.3 Å². The van der Waals surface area contributed by atoms with Gasteiger partial charge in [0.25, 0.3) is 0 Å². The Kier molecular flexibility index (Phi) is 10.5. The van der Waals surface area contributed by atoms with Gasteiger partial charge in [-0.1, -0.05) is 18.2 Å². The van der Waals surface area contributed by atoms with Crippen LogP contribution in [0.25, 0.3) is 5.65 Å². The van der Waals surface area contributed by atoms with Crippen molar-refractivity contribution in [1.82, 2.24) is 25.2 Å². The number of methoxy groups -OCH3 is 1. The van der Waals surface area contributed by atoms with Gasteiger partial charge >= 0.3 is 0 Å². The van der Waals surface area contributed by atoms with E-state index < -0.39 is 0 Å². The number of aryl methyl sites for hydroxylation is 1. The van der Waals surface area contributed by atoms with Gasteiger partial charge in [0.1, 0.15) is 18.2 Å². The van der Waals surface area contributed by atoms with E-state index in [4.69, 9.17) is 14.5 Å². The fourth-order valence-corrected chi connectivity index (χ4v) is 3.02.